The Bertz CT molecular complexity index is 2670. The van der Waals surface area contributed by atoms with Crippen LogP contribution in [0, 0.1) is 13.8 Å². The molecule has 0 saturated carbocycles. The largest absolute Gasteiger partial charge is 0.233 e. The second kappa shape index (κ2) is 11.3. The lowest BCUT2D eigenvalue weighted by atomic mass is 9.84. The number of hydrogen-bond donors (Lipinski definition) is 0. The average Bonchev–Trinajstić information content (AvgIpc) is 3.13. The van der Waals surface area contributed by atoms with Gasteiger partial charge in [0, 0.05) is 17.0 Å². The van der Waals surface area contributed by atoms with Gasteiger partial charge in [-0.2, -0.15) is 0 Å². The second-order valence-corrected chi connectivity index (χ2v) is 12.7. The van der Waals surface area contributed by atoms with Gasteiger partial charge in [0.25, 0.3) is 0 Å². The molecule has 0 radical (unpaired) electrons. The maximum atomic E-state index is 4.69. The third-order valence-electron chi connectivity index (χ3n) is 9.56. The molecule has 2 heteroatoms. The summed E-state index contributed by atoms with van der Waals surface area (Å²) in [5, 5.41) is 9.98. The van der Waals surface area contributed by atoms with Gasteiger partial charge in [0.2, 0.25) is 0 Å². The molecule has 0 aliphatic heterocycles. The van der Waals surface area contributed by atoms with Gasteiger partial charge in [-0.15, -0.1) is 0 Å². The maximum Gasteiger partial charge on any atom is 0.159 e. The van der Waals surface area contributed by atoms with Crippen molar-refractivity contribution in [2.24, 2.45) is 0 Å². The van der Waals surface area contributed by atoms with Crippen molar-refractivity contribution >= 4 is 43.1 Å². The minimum Gasteiger partial charge on any atom is -0.233 e. The Labute approximate surface area is 280 Å². The molecular formula is C46H32N2. The molecule has 0 aliphatic carbocycles. The highest BCUT2D eigenvalue weighted by Gasteiger charge is 2.18. The normalized spacial score (nSPS) is 11.5. The molecular weight excluding hydrogens is 581 g/mol. The zero-order chi connectivity index (χ0) is 32.2. The summed E-state index contributed by atoms with van der Waals surface area (Å²) in [5.74, 6) is 0.766. The average molecular weight is 613 g/mol. The first-order chi connectivity index (χ1) is 23.6. The minimum absolute atomic E-state index is 0.766. The first kappa shape index (κ1) is 28.1. The fourth-order valence-electron chi connectivity index (χ4n) is 7.34. The smallest absolute Gasteiger partial charge is 0.159 e. The van der Waals surface area contributed by atoms with Crippen LogP contribution in [0.25, 0.3) is 87.9 Å². The molecule has 0 N–H and O–H groups in total. The third-order valence-corrected chi connectivity index (χ3v) is 9.56. The lowest BCUT2D eigenvalue weighted by Crippen LogP contribution is -1.94. The summed E-state index contributed by atoms with van der Waals surface area (Å²) in [6.45, 7) is 4.04. The molecule has 0 amide bonds. The summed E-state index contributed by atoms with van der Waals surface area (Å²) < 4.78 is 0. The van der Waals surface area contributed by atoms with E-state index >= 15 is 0 Å². The topological polar surface area (TPSA) is 25.8 Å². The third kappa shape index (κ3) is 4.82. The summed E-state index contributed by atoms with van der Waals surface area (Å²) in [4.78, 5) is 9.38. The summed E-state index contributed by atoms with van der Waals surface area (Å²) in [6, 6.07) is 57.5. The standard InChI is InChI=1S/C46H32N2/c1-29-25-30(2)48-46(47-29)34-19-15-33(16-20-34)37-23-24-42-43(28-37)45(39-22-18-32-10-4-6-12-36(32)27-39)41-14-8-7-13-40(41)44(42)38-21-17-31-9-3-5-11-35(31)26-38/h3-28H,1-2H3. The van der Waals surface area contributed by atoms with E-state index in [9.17, 15) is 0 Å². The van der Waals surface area contributed by atoms with Crippen LogP contribution >= 0.6 is 0 Å². The number of benzene rings is 8. The number of aromatic nitrogens is 2. The zero-order valence-electron chi connectivity index (χ0n) is 26.9. The first-order valence-electron chi connectivity index (χ1n) is 16.5. The van der Waals surface area contributed by atoms with Crippen LogP contribution in [0.1, 0.15) is 11.4 Å². The molecule has 0 saturated heterocycles. The Morgan fingerprint density at radius 3 is 1.33 bits per heavy atom. The molecule has 9 rings (SSSR count). The molecule has 0 fully saturated rings. The van der Waals surface area contributed by atoms with Gasteiger partial charge in [0.05, 0.1) is 0 Å². The lowest BCUT2D eigenvalue weighted by Gasteiger charge is -2.19. The first-order valence-corrected chi connectivity index (χ1v) is 16.5. The zero-order valence-corrected chi connectivity index (χ0v) is 26.9. The van der Waals surface area contributed by atoms with Crippen molar-refractivity contribution in [2.75, 3.05) is 0 Å². The Morgan fingerprint density at radius 2 is 0.750 bits per heavy atom. The van der Waals surface area contributed by atoms with E-state index in [4.69, 9.17) is 0 Å². The van der Waals surface area contributed by atoms with E-state index in [1.54, 1.807) is 0 Å². The summed E-state index contributed by atoms with van der Waals surface area (Å²) in [7, 11) is 0. The van der Waals surface area contributed by atoms with Crippen molar-refractivity contribution in [3.63, 3.8) is 0 Å². The molecule has 48 heavy (non-hydrogen) atoms. The van der Waals surface area contributed by atoms with Crippen molar-refractivity contribution in [1.29, 1.82) is 0 Å². The van der Waals surface area contributed by atoms with E-state index in [-0.39, 0.29) is 0 Å². The molecule has 0 bridgehead atoms. The predicted molar refractivity (Wildman–Crippen MR) is 203 cm³/mol. The van der Waals surface area contributed by atoms with Crippen LogP contribution in [0.2, 0.25) is 0 Å². The van der Waals surface area contributed by atoms with E-state index in [0.717, 1.165) is 28.3 Å². The van der Waals surface area contributed by atoms with Gasteiger partial charge in [0.1, 0.15) is 0 Å². The number of aryl methyl sites for hydroxylation is 2. The molecule has 8 aromatic carbocycles. The fourth-order valence-corrected chi connectivity index (χ4v) is 7.34. The van der Waals surface area contributed by atoms with E-state index in [2.05, 4.69) is 162 Å². The fraction of sp³-hybridized carbons (Fsp3) is 0.0435. The maximum absolute atomic E-state index is 4.69. The van der Waals surface area contributed by atoms with E-state index in [1.165, 1.54) is 70.9 Å². The summed E-state index contributed by atoms with van der Waals surface area (Å²) in [6.07, 6.45) is 0. The molecule has 1 aromatic heterocycles. The van der Waals surface area contributed by atoms with Crippen molar-refractivity contribution in [2.45, 2.75) is 13.8 Å². The highest BCUT2D eigenvalue weighted by atomic mass is 14.9. The van der Waals surface area contributed by atoms with Crippen molar-refractivity contribution in [3.8, 4) is 44.8 Å². The second-order valence-electron chi connectivity index (χ2n) is 12.7. The molecule has 0 aliphatic rings. The Morgan fingerprint density at radius 1 is 0.312 bits per heavy atom. The Hall–Kier alpha value is -6.12. The Balaban J connectivity index is 1.31. The number of hydrogen-bond acceptors (Lipinski definition) is 2. The van der Waals surface area contributed by atoms with Crippen LogP contribution in [0.3, 0.4) is 0 Å². The quantitative estimate of drug-likeness (QED) is 0.185. The van der Waals surface area contributed by atoms with Gasteiger partial charge in [0.15, 0.2) is 5.82 Å². The van der Waals surface area contributed by atoms with Gasteiger partial charge < -0.3 is 0 Å². The molecule has 0 atom stereocenters. The van der Waals surface area contributed by atoms with Gasteiger partial charge >= 0.3 is 0 Å². The van der Waals surface area contributed by atoms with Gasteiger partial charge in [-0.05, 0) is 115 Å². The van der Waals surface area contributed by atoms with Crippen LogP contribution in [0.5, 0.6) is 0 Å². The van der Waals surface area contributed by atoms with Crippen LogP contribution in [-0.2, 0) is 0 Å². The van der Waals surface area contributed by atoms with E-state index in [1.807, 2.05) is 19.9 Å². The molecule has 9 aromatic rings. The molecule has 0 spiro atoms. The van der Waals surface area contributed by atoms with Crippen LogP contribution in [0.15, 0.2) is 158 Å². The lowest BCUT2D eigenvalue weighted by molar-refractivity contribution is 1.06. The van der Waals surface area contributed by atoms with Crippen molar-refractivity contribution in [1.82, 2.24) is 9.97 Å². The molecule has 226 valence electrons. The molecule has 1 heterocycles. The predicted octanol–water partition coefficient (Wildman–Crippen LogP) is 12.4. The van der Waals surface area contributed by atoms with Crippen LogP contribution < -0.4 is 0 Å². The number of rotatable bonds is 4. The monoisotopic (exact) mass is 612 g/mol. The molecule has 0 unspecified atom stereocenters. The summed E-state index contributed by atoms with van der Waals surface area (Å²) in [5.41, 5.74) is 10.3. The highest BCUT2D eigenvalue weighted by Crippen LogP contribution is 2.45. The van der Waals surface area contributed by atoms with E-state index in [0.29, 0.717) is 0 Å². The minimum atomic E-state index is 0.766. The number of nitrogens with zero attached hydrogens (tertiary/aromatic N) is 2. The summed E-state index contributed by atoms with van der Waals surface area (Å²) >= 11 is 0. The molecule has 2 nitrogen and oxygen atoms in total. The SMILES string of the molecule is Cc1cc(C)nc(-c2ccc(-c3ccc4c(-c5ccc6ccccc6c5)c5ccccc5c(-c5ccc6ccccc6c5)c4c3)cc2)n1. The van der Waals surface area contributed by atoms with E-state index < -0.39 is 0 Å². The van der Waals surface area contributed by atoms with Gasteiger partial charge in [-0.3, -0.25) is 0 Å². The van der Waals surface area contributed by atoms with Crippen molar-refractivity contribution in [3.05, 3.63) is 169 Å². The van der Waals surface area contributed by atoms with Crippen molar-refractivity contribution < 1.29 is 0 Å². The Kier molecular flexibility index (Phi) is 6.62. The highest BCUT2D eigenvalue weighted by molar-refractivity contribution is 6.22. The van der Waals surface area contributed by atoms with Crippen LogP contribution in [-0.4, -0.2) is 9.97 Å². The van der Waals surface area contributed by atoms with Gasteiger partial charge in [-0.1, -0.05) is 133 Å². The van der Waals surface area contributed by atoms with Crippen LogP contribution in [0.4, 0.5) is 0 Å². The number of fused-ring (bicyclic) bond motifs is 4. The van der Waals surface area contributed by atoms with Gasteiger partial charge in [-0.25, -0.2) is 9.97 Å².